The molecule has 0 aromatic heterocycles. The number of hydrogen-bond donors (Lipinski definition) is 1. The molecule has 0 unspecified atom stereocenters. The zero-order valence-corrected chi connectivity index (χ0v) is 13.4. The molecule has 0 heterocycles. The van der Waals surface area contributed by atoms with Crippen molar-refractivity contribution in [3.05, 3.63) is 34.3 Å². The van der Waals surface area contributed by atoms with Crippen molar-refractivity contribution in [2.45, 2.75) is 27.7 Å². The lowest BCUT2D eigenvalue weighted by Gasteiger charge is -2.25. The Labute approximate surface area is 122 Å². The highest BCUT2D eigenvalue weighted by atomic mass is 79.9. The molecule has 0 aliphatic heterocycles. The summed E-state index contributed by atoms with van der Waals surface area (Å²) in [7, 11) is 0. The van der Waals surface area contributed by atoms with Crippen molar-refractivity contribution in [3.63, 3.8) is 0 Å². The number of benzene rings is 1. The fourth-order valence-corrected chi connectivity index (χ4v) is 1.72. The van der Waals surface area contributed by atoms with E-state index in [0.29, 0.717) is 5.56 Å². The third-order valence-corrected chi connectivity index (χ3v) is 3.81. The highest BCUT2D eigenvalue weighted by Gasteiger charge is 2.26. The molecule has 0 radical (unpaired) electrons. The molecule has 0 aliphatic carbocycles. The number of rotatable bonds is 4. The van der Waals surface area contributed by atoms with Gasteiger partial charge in [0.1, 0.15) is 0 Å². The van der Waals surface area contributed by atoms with E-state index in [2.05, 4.69) is 21.2 Å². The van der Waals surface area contributed by atoms with Crippen LogP contribution in [0, 0.1) is 11.3 Å². The molecular weight excluding hydrogens is 306 g/mol. The summed E-state index contributed by atoms with van der Waals surface area (Å²) < 4.78 is 0.925. The zero-order valence-electron chi connectivity index (χ0n) is 11.8. The lowest BCUT2D eigenvalue weighted by molar-refractivity contribution is -0.127. The first kappa shape index (κ1) is 15.9. The predicted octanol–water partition coefficient (Wildman–Crippen LogP) is 3.43. The van der Waals surface area contributed by atoms with Gasteiger partial charge >= 0.3 is 0 Å². The second-order valence-corrected chi connectivity index (χ2v) is 6.65. The molecule has 1 aromatic rings. The van der Waals surface area contributed by atoms with Crippen LogP contribution in [-0.4, -0.2) is 18.2 Å². The third kappa shape index (κ3) is 4.78. The summed E-state index contributed by atoms with van der Waals surface area (Å²) in [6, 6.07) is 7.11. The van der Waals surface area contributed by atoms with Crippen molar-refractivity contribution in [1.82, 2.24) is 5.32 Å². The number of carbonyl (C=O) groups is 2. The molecule has 104 valence electrons. The van der Waals surface area contributed by atoms with Gasteiger partial charge in [-0.3, -0.25) is 9.59 Å². The van der Waals surface area contributed by atoms with E-state index in [1.807, 2.05) is 39.8 Å². The predicted molar refractivity (Wildman–Crippen MR) is 80.1 cm³/mol. The number of hydrogen-bond acceptors (Lipinski definition) is 2. The molecule has 0 aliphatic rings. The van der Waals surface area contributed by atoms with Crippen LogP contribution in [0.1, 0.15) is 38.1 Å². The SMILES string of the molecule is C[C@H](C(=O)NCC(=O)c1ccc(Br)cc1)C(C)(C)C. The monoisotopic (exact) mass is 325 g/mol. The first-order chi connectivity index (χ1) is 8.71. The Balaban J connectivity index is 2.55. The molecule has 1 rings (SSSR count). The lowest BCUT2D eigenvalue weighted by atomic mass is 9.81. The van der Waals surface area contributed by atoms with Crippen LogP contribution in [-0.2, 0) is 4.79 Å². The summed E-state index contributed by atoms with van der Waals surface area (Å²) in [4.78, 5) is 23.8. The molecule has 0 saturated carbocycles. The van der Waals surface area contributed by atoms with Crippen LogP contribution in [0.3, 0.4) is 0 Å². The molecule has 0 fully saturated rings. The van der Waals surface area contributed by atoms with Crippen molar-refractivity contribution in [2.75, 3.05) is 6.54 Å². The molecule has 1 aromatic carbocycles. The van der Waals surface area contributed by atoms with Gasteiger partial charge in [0.25, 0.3) is 0 Å². The van der Waals surface area contributed by atoms with Crippen molar-refractivity contribution in [2.24, 2.45) is 11.3 Å². The van der Waals surface area contributed by atoms with Crippen molar-refractivity contribution < 1.29 is 9.59 Å². The maximum absolute atomic E-state index is 11.9. The quantitative estimate of drug-likeness (QED) is 0.862. The number of carbonyl (C=O) groups excluding carboxylic acids is 2. The standard InChI is InChI=1S/C15H20BrNO2/c1-10(15(2,3)4)14(19)17-9-13(18)11-5-7-12(16)8-6-11/h5-8,10H,9H2,1-4H3,(H,17,19)/t10-/m1/s1. The average molecular weight is 326 g/mol. The summed E-state index contributed by atoms with van der Waals surface area (Å²) >= 11 is 3.32. The van der Waals surface area contributed by atoms with Gasteiger partial charge in [-0.25, -0.2) is 0 Å². The Morgan fingerprint density at radius 3 is 2.21 bits per heavy atom. The van der Waals surface area contributed by atoms with Gasteiger partial charge in [-0.2, -0.15) is 0 Å². The van der Waals surface area contributed by atoms with Gasteiger partial charge in [0, 0.05) is 16.0 Å². The summed E-state index contributed by atoms with van der Waals surface area (Å²) in [5.41, 5.74) is 0.497. The molecule has 0 bridgehead atoms. The van der Waals surface area contributed by atoms with E-state index in [0.717, 1.165) is 4.47 Å². The molecule has 0 saturated heterocycles. The van der Waals surface area contributed by atoms with Crippen LogP contribution in [0.25, 0.3) is 0 Å². The molecule has 0 spiro atoms. The van der Waals surface area contributed by atoms with Crippen LogP contribution in [0.5, 0.6) is 0 Å². The van der Waals surface area contributed by atoms with Gasteiger partial charge < -0.3 is 5.32 Å². The minimum Gasteiger partial charge on any atom is -0.348 e. The molecule has 4 heteroatoms. The van der Waals surface area contributed by atoms with Crippen molar-refractivity contribution >= 4 is 27.6 Å². The fourth-order valence-electron chi connectivity index (χ4n) is 1.45. The smallest absolute Gasteiger partial charge is 0.223 e. The first-order valence-corrected chi connectivity index (χ1v) is 7.07. The normalized spacial score (nSPS) is 12.9. The minimum absolute atomic E-state index is 0.0425. The van der Waals surface area contributed by atoms with Crippen LogP contribution in [0.2, 0.25) is 0 Å². The zero-order chi connectivity index (χ0) is 14.6. The van der Waals surface area contributed by atoms with Gasteiger partial charge in [-0.05, 0) is 17.5 Å². The molecule has 3 nitrogen and oxygen atoms in total. The van der Waals surface area contributed by atoms with Crippen molar-refractivity contribution in [3.8, 4) is 0 Å². The first-order valence-electron chi connectivity index (χ1n) is 6.28. The van der Waals surface area contributed by atoms with Gasteiger partial charge in [0.15, 0.2) is 5.78 Å². The minimum atomic E-state index is -0.134. The highest BCUT2D eigenvalue weighted by Crippen LogP contribution is 2.25. The molecular formula is C15H20BrNO2. The van der Waals surface area contributed by atoms with E-state index in [-0.39, 0.29) is 29.6 Å². The Hall–Kier alpha value is -1.16. The second kappa shape index (κ2) is 6.33. The number of halogens is 1. The average Bonchev–Trinajstić information content (AvgIpc) is 2.34. The Morgan fingerprint density at radius 2 is 1.74 bits per heavy atom. The molecule has 1 amide bonds. The Kier molecular flexibility index (Phi) is 5.29. The van der Waals surface area contributed by atoms with Gasteiger partial charge in [-0.1, -0.05) is 55.8 Å². The van der Waals surface area contributed by atoms with E-state index >= 15 is 0 Å². The highest BCUT2D eigenvalue weighted by molar-refractivity contribution is 9.10. The van der Waals surface area contributed by atoms with Crippen molar-refractivity contribution in [1.29, 1.82) is 0 Å². The maximum atomic E-state index is 11.9. The second-order valence-electron chi connectivity index (χ2n) is 5.74. The fraction of sp³-hybridized carbons (Fsp3) is 0.467. The summed E-state index contributed by atoms with van der Waals surface area (Å²) in [6.45, 7) is 7.94. The maximum Gasteiger partial charge on any atom is 0.223 e. The topological polar surface area (TPSA) is 46.2 Å². The van der Waals surface area contributed by atoms with Gasteiger partial charge in [0.05, 0.1) is 6.54 Å². The largest absolute Gasteiger partial charge is 0.348 e. The van der Waals surface area contributed by atoms with E-state index < -0.39 is 0 Å². The van der Waals surface area contributed by atoms with E-state index in [1.54, 1.807) is 12.1 Å². The van der Waals surface area contributed by atoms with E-state index in [4.69, 9.17) is 0 Å². The van der Waals surface area contributed by atoms with Gasteiger partial charge in [-0.15, -0.1) is 0 Å². The van der Waals surface area contributed by atoms with Crippen LogP contribution >= 0.6 is 15.9 Å². The third-order valence-electron chi connectivity index (χ3n) is 3.28. The van der Waals surface area contributed by atoms with Crippen LogP contribution in [0.4, 0.5) is 0 Å². The van der Waals surface area contributed by atoms with E-state index in [1.165, 1.54) is 0 Å². The van der Waals surface area contributed by atoms with Crippen LogP contribution in [0.15, 0.2) is 28.7 Å². The number of amides is 1. The summed E-state index contributed by atoms with van der Waals surface area (Å²) in [5.74, 6) is -0.301. The molecule has 19 heavy (non-hydrogen) atoms. The molecule has 1 atom stereocenters. The van der Waals surface area contributed by atoms with Crippen LogP contribution < -0.4 is 5.32 Å². The summed E-state index contributed by atoms with van der Waals surface area (Å²) in [6.07, 6.45) is 0. The Bertz CT molecular complexity index is 460. The number of nitrogens with one attached hydrogen (secondary N) is 1. The lowest BCUT2D eigenvalue weighted by Crippen LogP contribution is -2.38. The summed E-state index contributed by atoms with van der Waals surface area (Å²) in [5, 5.41) is 2.70. The molecule has 1 N–H and O–H groups in total. The van der Waals surface area contributed by atoms with Gasteiger partial charge in [0.2, 0.25) is 5.91 Å². The number of ketones is 1. The number of Topliss-reactive ketones (excluding diaryl/α,β-unsaturated/α-hetero) is 1. The van der Waals surface area contributed by atoms with E-state index in [9.17, 15) is 9.59 Å². The Morgan fingerprint density at radius 1 is 1.21 bits per heavy atom.